The Morgan fingerprint density at radius 3 is 3.08 bits per heavy atom. The molecule has 2 N–H and O–H groups in total. The van der Waals surface area contributed by atoms with Crippen molar-refractivity contribution in [2.75, 3.05) is 25.0 Å². The fourth-order valence-electron chi connectivity index (χ4n) is 3.08. The van der Waals surface area contributed by atoms with Gasteiger partial charge in [0.2, 0.25) is 5.91 Å². The van der Waals surface area contributed by atoms with E-state index in [1.54, 1.807) is 6.07 Å². The lowest BCUT2D eigenvalue weighted by Crippen LogP contribution is -2.36. The molecule has 1 aromatic carbocycles. The highest BCUT2D eigenvalue weighted by molar-refractivity contribution is 6.30. The summed E-state index contributed by atoms with van der Waals surface area (Å²) in [5, 5.41) is 10.0. The Balaban J connectivity index is 1.50. The number of piperidine rings is 1. The van der Waals surface area contributed by atoms with Gasteiger partial charge in [0.25, 0.3) is 0 Å². The van der Waals surface area contributed by atoms with E-state index >= 15 is 0 Å². The van der Waals surface area contributed by atoms with Crippen LogP contribution in [0, 0.1) is 12.7 Å². The van der Waals surface area contributed by atoms with E-state index in [9.17, 15) is 9.18 Å². The van der Waals surface area contributed by atoms with Gasteiger partial charge in [-0.05, 0) is 44.5 Å². The Morgan fingerprint density at radius 2 is 2.36 bits per heavy atom. The molecule has 2 aromatic rings. The van der Waals surface area contributed by atoms with Crippen LogP contribution in [0.2, 0.25) is 5.02 Å². The molecule has 1 aliphatic rings. The fourth-order valence-corrected chi connectivity index (χ4v) is 3.23. The number of aryl methyl sites for hydroxylation is 1. The molecule has 8 heteroatoms. The van der Waals surface area contributed by atoms with Crippen molar-refractivity contribution < 1.29 is 9.18 Å². The number of hydrogen-bond acceptors (Lipinski definition) is 4. The maximum atomic E-state index is 13.7. The van der Waals surface area contributed by atoms with Gasteiger partial charge in [-0.15, -0.1) is 0 Å². The van der Waals surface area contributed by atoms with Crippen LogP contribution in [-0.2, 0) is 4.79 Å². The lowest BCUT2D eigenvalue weighted by molar-refractivity contribution is -0.116. The maximum Gasteiger partial charge on any atom is 0.225 e. The molecule has 3 rings (SSSR count). The summed E-state index contributed by atoms with van der Waals surface area (Å²) in [7, 11) is 0. The third kappa shape index (κ3) is 4.76. The number of rotatable bonds is 5. The summed E-state index contributed by atoms with van der Waals surface area (Å²) >= 11 is 5.71. The Bertz CT molecular complexity index is 750. The minimum atomic E-state index is -0.529. The average Bonchev–Trinajstić information content (AvgIpc) is 3.02. The summed E-state index contributed by atoms with van der Waals surface area (Å²) < 4.78 is 13.7. The number of benzene rings is 1. The lowest BCUT2D eigenvalue weighted by Gasteiger charge is -2.31. The minimum absolute atomic E-state index is 0.155. The molecule has 0 radical (unpaired) electrons. The highest BCUT2D eigenvalue weighted by atomic mass is 35.5. The first-order chi connectivity index (χ1) is 12.0. The maximum absolute atomic E-state index is 13.7. The second kappa shape index (κ2) is 7.93. The first-order valence-corrected chi connectivity index (χ1v) is 8.75. The topological polar surface area (TPSA) is 73.9 Å². The zero-order valence-electron chi connectivity index (χ0n) is 14.1. The van der Waals surface area contributed by atoms with Gasteiger partial charge < -0.3 is 10.2 Å². The molecule has 1 aliphatic heterocycles. The summed E-state index contributed by atoms with van der Waals surface area (Å²) in [6, 6.07) is 4.21. The highest BCUT2D eigenvalue weighted by Crippen LogP contribution is 2.24. The second-order valence-corrected chi connectivity index (χ2v) is 6.78. The summed E-state index contributed by atoms with van der Waals surface area (Å²) in [6.45, 7) is 4.29. The molecule has 0 bridgehead atoms. The molecule has 1 saturated heterocycles. The number of nitrogens with one attached hydrogen (secondary N) is 2. The van der Waals surface area contributed by atoms with Crippen LogP contribution in [0.1, 0.15) is 36.8 Å². The number of aromatic nitrogens is 3. The molecule has 6 nitrogen and oxygen atoms in total. The quantitative estimate of drug-likeness (QED) is 0.853. The molecule has 0 unspecified atom stereocenters. The van der Waals surface area contributed by atoms with E-state index in [2.05, 4.69) is 25.4 Å². The minimum Gasteiger partial charge on any atom is -0.324 e. The number of aromatic amines is 1. The van der Waals surface area contributed by atoms with Gasteiger partial charge in [0, 0.05) is 30.5 Å². The monoisotopic (exact) mass is 365 g/mol. The van der Waals surface area contributed by atoms with Crippen LogP contribution in [0.25, 0.3) is 0 Å². The van der Waals surface area contributed by atoms with E-state index in [0.29, 0.717) is 18.0 Å². The van der Waals surface area contributed by atoms with Crippen molar-refractivity contribution in [3.05, 3.63) is 40.7 Å². The third-order valence-electron chi connectivity index (χ3n) is 4.35. The van der Waals surface area contributed by atoms with E-state index in [-0.39, 0.29) is 17.5 Å². The zero-order valence-corrected chi connectivity index (χ0v) is 14.8. The number of anilines is 1. The Hall–Kier alpha value is -1.99. The first-order valence-electron chi connectivity index (χ1n) is 8.37. The van der Waals surface area contributed by atoms with Crippen molar-refractivity contribution in [2.45, 2.75) is 32.1 Å². The average molecular weight is 366 g/mol. The normalized spacial score (nSPS) is 18.3. The molecule has 25 heavy (non-hydrogen) atoms. The molecule has 2 heterocycles. The van der Waals surface area contributed by atoms with Gasteiger partial charge in [0.05, 0.1) is 5.69 Å². The van der Waals surface area contributed by atoms with E-state index < -0.39 is 5.82 Å². The Kier molecular flexibility index (Phi) is 5.65. The van der Waals surface area contributed by atoms with Gasteiger partial charge in [-0.3, -0.25) is 9.89 Å². The number of amides is 1. The van der Waals surface area contributed by atoms with Crippen LogP contribution >= 0.6 is 11.6 Å². The van der Waals surface area contributed by atoms with Crippen molar-refractivity contribution in [1.29, 1.82) is 0 Å². The van der Waals surface area contributed by atoms with Gasteiger partial charge in [-0.2, -0.15) is 5.10 Å². The van der Waals surface area contributed by atoms with Crippen molar-refractivity contribution in [1.82, 2.24) is 20.1 Å². The summed E-state index contributed by atoms with van der Waals surface area (Å²) in [6.07, 6.45) is 2.41. The van der Waals surface area contributed by atoms with Crippen LogP contribution < -0.4 is 5.32 Å². The fraction of sp³-hybridized carbons (Fsp3) is 0.471. The summed E-state index contributed by atoms with van der Waals surface area (Å²) in [5.41, 5.74) is 0.155. The van der Waals surface area contributed by atoms with Crippen molar-refractivity contribution in [3.8, 4) is 0 Å². The van der Waals surface area contributed by atoms with Gasteiger partial charge in [0.15, 0.2) is 5.82 Å². The zero-order chi connectivity index (χ0) is 17.8. The van der Waals surface area contributed by atoms with Crippen molar-refractivity contribution >= 4 is 23.2 Å². The first kappa shape index (κ1) is 17.8. The van der Waals surface area contributed by atoms with E-state index in [4.69, 9.17) is 11.6 Å². The number of carbonyl (C=O) groups is 1. The third-order valence-corrected chi connectivity index (χ3v) is 4.58. The van der Waals surface area contributed by atoms with Gasteiger partial charge in [0.1, 0.15) is 11.6 Å². The number of halogens is 2. The second-order valence-electron chi connectivity index (χ2n) is 6.34. The van der Waals surface area contributed by atoms with E-state index in [1.807, 2.05) is 6.92 Å². The highest BCUT2D eigenvalue weighted by Gasteiger charge is 2.24. The number of likely N-dealkylation sites (tertiary alicyclic amines) is 1. The molecule has 0 saturated carbocycles. The van der Waals surface area contributed by atoms with E-state index in [1.165, 1.54) is 12.1 Å². The van der Waals surface area contributed by atoms with Crippen molar-refractivity contribution in [2.24, 2.45) is 0 Å². The molecular formula is C17H21ClFN5O. The Morgan fingerprint density at radius 1 is 1.52 bits per heavy atom. The summed E-state index contributed by atoms with van der Waals surface area (Å²) in [4.78, 5) is 18.7. The SMILES string of the molecule is Cc1nc([C@@H]2CCCN(CCC(=O)Nc3ccc(Cl)cc3F)C2)n[nH]1. The van der Waals surface area contributed by atoms with Crippen LogP contribution in [0.5, 0.6) is 0 Å². The predicted octanol–water partition coefficient (Wildman–Crippen LogP) is 3.11. The molecule has 1 aromatic heterocycles. The van der Waals surface area contributed by atoms with Gasteiger partial charge in [-0.25, -0.2) is 9.37 Å². The molecule has 1 amide bonds. The predicted molar refractivity (Wildman–Crippen MR) is 94.2 cm³/mol. The standard InChI is InChI=1S/C17H21ClFN5O/c1-11-20-17(23-22-11)12-3-2-7-24(10-12)8-6-16(25)21-15-5-4-13(18)9-14(15)19/h4-5,9,12H,2-3,6-8,10H2,1H3,(H,21,25)(H,20,22,23)/t12-/m1/s1. The molecule has 0 spiro atoms. The van der Waals surface area contributed by atoms with Crippen LogP contribution in [-0.4, -0.2) is 45.6 Å². The van der Waals surface area contributed by atoms with E-state index in [0.717, 1.165) is 37.6 Å². The molecule has 134 valence electrons. The Labute approximate surface area is 150 Å². The number of H-pyrrole nitrogens is 1. The number of nitrogens with zero attached hydrogens (tertiary/aromatic N) is 3. The van der Waals surface area contributed by atoms with Crippen LogP contribution in [0.15, 0.2) is 18.2 Å². The molecule has 1 fully saturated rings. The summed E-state index contributed by atoms with van der Waals surface area (Å²) in [5.74, 6) is 1.21. The van der Waals surface area contributed by atoms with Crippen molar-refractivity contribution in [3.63, 3.8) is 0 Å². The molecule has 1 atom stereocenters. The van der Waals surface area contributed by atoms with Gasteiger partial charge >= 0.3 is 0 Å². The smallest absolute Gasteiger partial charge is 0.225 e. The largest absolute Gasteiger partial charge is 0.324 e. The lowest BCUT2D eigenvalue weighted by atomic mass is 9.97. The number of carbonyl (C=O) groups excluding carboxylic acids is 1. The van der Waals surface area contributed by atoms with Crippen LogP contribution in [0.3, 0.4) is 0 Å². The molecular weight excluding hydrogens is 345 g/mol. The number of hydrogen-bond donors (Lipinski definition) is 2. The van der Waals surface area contributed by atoms with Crippen LogP contribution in [0.4, 0.5) is 10.1 Å². The molecule has 0 aliphatic carbocycles. The van der Waals surface area contributed by atoms with Gasteiger partial charge in [-0.1, -0.05) is 11.6 Å².